The molecule has 0 bridgehead atoms. The zero-order valence-corrected chi connectivity index (χ0v) is 15.0. The van der Waals surface area contributed by atoms with Gasteiger partial charge in [-0.2, -0.15) is 0 Å². The van der Waals surface area contributed by atoms with Gasteiger partial charge >= 0.3 is 0 Å². The maximum Gasteiger partial charge on any atom is 0.239 e. The lowest BCUT2D eigenvalue weighted by Gasteiger charge is -2.15. The average Bonchev–Trinajstić information content (AvgIpc) is 2.55. The zero-order chi connectivity index (χ0) is 18.1. The molecule has 0 aliphatic rings. The van der Waals surface area contributed by atoms with Crippen molar-refractivity contribution in [1.29, 1.82) is 0 Å². The quantitative estimate of drug-likeness (QED) is 0.636. The van der Waals surface area contributed by atoms with E-state index in [4.69, 9.17) is 10.5 Å². The highest BCUT2D eigenvalue weighted by Gasteiger charge is 2.17. The third-order valence-corrected chi connectivity index (χ3v) is 3.42. The summed E-state index contributed by atoms with van der Waals surface area (Å²) in [5.41, 5.74) is 6.66. The predicted molar refractivity (Wildman–Crippen MR) is 94.4 cm³/mol. The van der Waals surface area contributed by atoms with Gasteiger partial charge in [0.15, 0.2) is 0 Å². The van der Waals surface area contributed by atoms with Crippen molar-refractivity contribution >= 4 is 11.8 Å². The summed E-state index contributed by atoms with van der Waals surface area (Å²) >= 11 is 0. The molecule has 0 saturated heterocycles. The molecule has 2 amide bonds. The first kappa shape index (κ1) is 20.0. The summed E-state index contributed by atoms with van der Waals surface area (Å²) in [5, 5.41) is 5.31. The molecule has 0 radical (unpaired) electrons. The number of nitrogens with one attached hydrogen (secondary N) is 2. The van der Waals surface area contributed by atoms with Crippen LogP contribution in [0.15, 0.2) is 24.3 Å². The van der Waals surface area contributed by atoms with Crippen LogP contribution in [0.3, 0.4) is 0 Å². The van der Waals surface area contributed by atoms with Crippen LogP contribution in [0.2, 0.25) is 0 Å². The molecule has 6 nitrogen and oxygen atoms in total. The summed E-state index contributed by atoms with van der Waals surface area (Å²) in [6, 6.07) is 6.99. The zero-order valence-electron chi connectivity index (χ0n) is 15.0. The summed E-state index contributed by atoms with van der Waals surface area (Å²) < 4.78 is 5.66. The molecule has 134 valence electrons. The lowest BCUT2D eigenvalue weighted by atomic mass is 10.1. The van der Waals surface area contributed by atoms with E-state index in [-0.39, 0.29) is 24.3 Å². The van der Waals surface area contributed by atoms with Crippen molar-refractivity contribution in [2.24, 2.45) is 17.6 Å². The van der Waals surface area contributed by atoms with Crippen LogP contribution in [0.4, 0.5) is 0 Å². The van der Waals surface area contributed by atoms with E-state index >= 15 is 0 Å². The molecular formula is C18H29N3O3. The number of rotatable bonds is 9. The molecule has 0 unspecified atom stereocenters. The van der Waals surface area contributed by atoms with Crippen LogP contribution < -0.4 is 21.1 Å². The largest absolute Gasteiger partial charge is 0.493 e. The Kier molecular flexibility index (Phi) is 8.26. The molecule has 0 spiro atoms. The Balaban J connectivity index is 2.39. The maximum absolute atomic E-state index is 11.8. The average molecular weight is 335 g/mol. The van der Waals surface area contributed by atoms with Gasteiger partial charge in [0.1, 0.15) is 5.75 Å². The molecule has 1 atom stereocenters. The molecular weight excluding hydrogens is 306 g/mol. The number of carbonyl (C=O) groups is 2. The monoisotopic (exact) mass is 335 g/mol. The number of nitrogens with two attached hydrogens (primary N) is 1. The first-order chi connectivity index (χ1) is 11.3. The second-order valence-electron chi connectivity index (χ2n) is 6.62. The molecule has 1 aromatic rings. The second-order valence-corrected chi connectivity index (χ2v) is 6.62. The first-order valence-electron chi connectivity index (χ1n) is 8.31. The lowest BCUT2D eigenvalue weighted by molar-refractivity contribution is -0.127. The number of hydrogen-bond acceptors (Lipinski definition) is 4. The molecule has 1 aromatic carbocycles. The van der Waals surface area contributed by atoms with Crippen LogP contribution in [0.1, 0.15) is 33.3 Å². The van der Waals surface area contributed by atoms with Gasteiger partial charge in [0.25, 0.3) is 0 Å². The van der Waals surface area contributed by atoms with Crippen molar-refractivity contribution in [2.75, 3.05) is 13.2 Å². The van der Waals surface area contributed by atoms with Crippen molar-refractivity contribution in [3.8, 4) is 5.75 Å². The van der Waals surface area contributed by atoms with Crippen molar-refractivity contribution < 1.29 is 14.3 Å². The highest BCUT2D eigenvalue weighted by molar-refractivity contribution is 5.87. The van der Waals surface area contributed by atoms with E-state index in [1.54, 1.807) is 0 Å². The van der Waals surface area contributed by atoms with Crippen molar-refractivity contribution in [3.05, 3.63) is 29.8 Å². The minimum Gasteiger partial charge on any atom is -0.493 e. The van der Waals surface area contributed by atoms with E-state index < -0.39 is 6.04 Å². The molecule has 1 rings (SSSR count). The van der Waals surface area contributed by atoms with Gasteiger partial charge in [-0.15, -0.1) is 0 Å². The minimum atomic E-state index is -0.604. The molecule has 4 N–H and O–H groups in total. The van der Waals surface area contributed by atoms with Crippen LogP contribution in [-0.2, 0) is 16.1 Å². The van der Waals surface area contributed by atoms with E-state index in [9.17, 15) is 9.59 Å². The third kappa shape index (κ3) is 7.46. The summed E-state index contributed by atoms with van der Waals surface area (Å²) in [6.45, 7) is 8.84. The smallest absolute Gasteiger partial charge is 0.239 e. The fourth-order valence-electron chi connectivity index (χ4n) is 1.86. The standard InChI is InChI=1S/C18H29N3O3/c1-12(2)11-24-15-7-5-6-14(8-15)9-20-16(22)10-21-18(23)17(19)13(3)4/h5-8,12-13,17H,9-11,19H2,1-4H3,(H,20,22)(H,21,23)/t17-/m0/s1. The Bertz CT molecular complexity index is 544. The topological polar surface area (TPSA) is 93.5 Å². The summed E-state index contributed by atoms with van der Waals surface area (Å²) in [6.07, 6.45) is 0. The van der Waals surface area contributed by atoms with Crippen LogP contribution in [0.5, 0.6) is 5.75 Å². The third-order valence-electron chi connectivity index (χ3n) is 3.42. The van der Waals surface area contributed by atoms with Gasteiger partial charge in [-0.1, -0.05) is 39.8 Å². The van der Waals surface area contributed by atoms with Gasteiger partial charge in [0.05, 0.1) is 19.2 Å². The van der Waals surface area contributed by atoms with Crippen molar-refractivity contribution in [2.45, 2.75) is 40.3 Å². The van der Waals surface area contributed by atoms with Gasteiger partial charge in [-0.05, 0) is 29.5 Å². The number of hydrogen-bond donors (Lipinski definition) is 3. The molecule has 0 aliphatic carbocycles. The molecule has 24 heavy (non-hydrogen) atoms. The number of amides is 2. The summed E-state index contributed by atoms with van der Waals surface area (Å²) in [5.74, 6) is 0.694. The van der Waals surface area contributed by atoms with E-state index in [1.807, 2.05) is 38.1 Å². The van der Waals surface area contributed by atoms with E-state index in [1.165, 1.54) is 0 Å². The molecule has 0 saturated carbocycles. The minimum absolute atomic E-state index is 0.0293. The Morgan fingerprint density at radius 3 is 2.50 bits per heavy atom. The lowest BCUT2D eigenvalue weighted by Crippen LogP contribution is -2.47. The predicted octanol–water partition coefficient (Wildman–Crippen LogP) is 1.44. The number of carbonyl (C=O) groups excluding carboxylic acids is 2. The summed E-state index contributed by atoms with van der Waals surface area (Å²) in [4.78, 5) is 23.5. The van der Waals surface area contributed by atoms with Crippen LogP contribution in [0.25, 0.3) is 0 Å². The van der Waals surface area contributed by atoms with Crippen molar-refractivity contribution in [3.63, 3.8) is 0 Å². The Hall–Kier alpha value is -2.08. The fraction of sp³-hybridized carbons (Fsp3) is 0.556. The Labute approximate surface area is 144 Å². The van der Waals surface area contributed by atoms with Crippen LogP contribution in [-0.4, -0.2) is 31.0 Å². The first-order valence-corrected chi connectivity index (χ1v) is 8.31. The second kappa shape index (κ2) is 9.93. The number of ether oxygens (including phenoxy) is 1. The van der Waals surface area contributed by atoms with Gasteiger partial charge < -0.3 is 21.1 Å². The summed E-state index contributed by atoms with van der Waals surface area (Å²) in [7, 11) is 0. The Morgan fingerprint density at radius 2 is 1.88 bits per heavy atom. The van der Waals surface area contributed by atoms with Crippen LogP contribution in [0, 0.1) is 11.8 Å². The maximum atomic E-state index is 11.8. The van der Waals surface area contributed by atoms with Gasteiger partial charge in [-0.3, -0.25) is 9.59 Å². The van der Waals surface area contributed by atoms with Gasteiger partial charge in [-0.25, -0.2) is 0 Å². The number of benzene rings is 1. The molecule has 6 heteroatoms. The molecule has 0 aliphatic heterocycles. The van der Waals surface area contributed by atoms with Gasteiger partial charge in [0.2, 0.25) is 11.8 Å². The van der Waals surface area contributed by atoms with E-state index in [0.29, 0.717) is 19.1 Å². The normalized spacial score (nSPS) is 12.1. The molecule has 0 heterocycles. The van der Waals surface area contributed by atoms with Crippen molar-refractivity contribution in [1.82, 2.24) is 10.6 Å². The molecule has 0 fully saturated rings. The van der Waals surface area contributed by atoms with Crippen LogP contribution >= 0.6 is 0 Å². The molecule has 0 aromatic heterocycles. The van der Waals surface area contributed by atoms with E-state index in [0.717, 1.165) is 11.3 Å². The highest BCUT2D eigenvalue weighted by atomic mass is 16.5. The van der Waals surface area contributed by atoms with E-state index in [2.05, 4.69) is 24.5 Å². The fourth-order valence-corrected chi connectivity index (χ4v) is 1.86. The highest BCUT2D eigenvalue weighted by Crippen LogP contribution is 2.14. The SMILES string of the molecule is CC(C)COc1cccc(CNC(=O)CNC(=O)[C@@H](N)C(C)C)c1. The van der Waals surface area contributed by atoms with Gasteiger partial charge in [0, 0.05) is 6.54 Å². The Morgan fingerprint density at radius 1 is 1.17 bits per heavy atom.